The van der Waals surface area contributed by atoms with Crippen LogP contribution in [0.4, 0.5) is 0 Å². The summed E-state index contributed by atoms with van der Waals surface area (Å²) in [5.74, 6) is -0.415. The van der Waals surface area contributed by atoms with Crippen molar-refractivity contribution >= 4 is 11.1 Å². The Kier molecular flexibility index (Phi) is 2.38. The van der Waals surface area contributed by atoms with Gasteiger partial charge in [0.2, 0.25) is 0 Å². The second kappa shape index (κ2) is 3.94. The standard InChI is InChI=1S/C13H11N3O3/c1-7-5-9(15-12(17)14-7)8-3-4-10-11(6-8)19-13(18)16(10)2/h3-6H,1-2H3,(H,14,15,17). The largest absolute Gasteiger partial charge is 0.419 e. The Hall–Kier alpha value is -2.63. The highest BCUT2D eigenvalue weighted by Gasteiger charge is 2.08. The summed E-state index contributed by atoms with van der Waals surface area (Å²) < 4.78 is 6.54. The van der Waals surface area contributed by atoms with E-state index in [-0.39, 0.29) is 0 Å². The lowest BCUT2D eigenvalue weighted by molar-refractivity contribution is 0.528. The van der Waals surface area contributed by atoms with Crippen molar-refractivity contribution in [1.82, 2.24) is 14.5 Å². The molecule has 19 heavy (non-hydrogen) atoms. The van der Waals surface area contributed by atoms with E-state index in [0.717, 1.165) is 11.3 Å². The predicted octanol–water partition coefficient (Wildman–Crippen LogP) is 1.19. The first kappa shape index (κ1) is 11.5. The number of rotatable bonds is 1. The Balaban J connectivity index is 2.25. The monoisotopic (exact) mass is 257 g/mol. The average Bonchev–Trinajstić information content (AvgIpc) is 2.63. The quantitative estimate of drug-likeness (QED) is 0.710. The second-order valence-electron chi connectivity index (χ2n) is 4.36. The van der Waals surface area contributed by atoms with Crippen molar-refractivity contribution in [3.05, 3.63) is 51.0 Å². The molecule has 0 saturated carbocycles. The van der Waals surface area contributed by atoms with Crippen LogP contribution < -0.4 is 11.4 Å². The lowest BCUT2D eigenvalue weighted by Crippen LogP contribution is -2.11. The van der Waals surface area contributed by atoms with Gasteiger partial charge in [0.15, 0.2) is 5.58 Å². The van der Waals surface area contributed by atoms with E-state index in [2.05, 4.69) is 9.97 Å². The number of oxazole rings is 1. The zero-order valence-electron chi connectivity index (χ0n) is 10.4. The number of nitrogens with one attached hydrogen (secondary N) is 1. The molecule has 0 bridgehead atoms. The van der Waals surface area contributed by atoms with Gasteiger partial charge in [0.1, 0.15) is 0 Å². The Morgan fingerprint density at radius 1 is 1.26 bits per heavy atom. The van der Waals surface area contributed by atoms with Gasteiger partial charge in [-0.1, -0.05) is 6.07 Å². The highest BCUT2D eigenvalue weighted by molar-refractivity contribution is 5.79. The van der Waals surface area contributed by atoms with Crippen LogP contribution in [-0.4, -0.2) is 14.5 Å². The van der Waals surface area contributed by atoms with Crippen molar-refractivity contribution < 1.29 is 4.42 Å². The van der Waals surface area contributed by atoms with Crippen LogP contribution in [0.1, 0.15) is 5.69 Å². The lowest BCUT2D eigenvalue weighted by atomic mass is 10.1. The number of H-pyrrole nitrogens is 1. The van der Waals surface area contributed by atoms with Gasteiger partial charge in [-0.2, -0.15) is 4.98 Å². The molecule has 0 atom stereocenters. The Labute approximate surface area is 107 Å². The van der Waals surface area contributed by atoms with Crippen molar-refractivity contribution in [3.63, 3.8) is 0 Å². The van der Waals surface area contributed by atoms with Gasteiger partial charge in [-0.05, 0) is 25.1 Å². The maximum atomic E-state index is 11.4. The first-order valence-electron chi connectivity index (χ1n) is 5.72. The molecule has 6 heteroatoms. The SMILES string of the molecule is Cc1cc(-c2ccc3c(c2)oc(=O)n3C)nc(=O)[nH]1. The fourth-order valence-corrected chi connectivity index (χ4v) is 2.02. The number of benzene rings is 1. The maximum absolute atomic E-state index is 11.4. The third-order valence-corrected chi connectivity index (χ3v) is 2.97. The fourth-order valence-electron chi connectivity index (χ4n) is 2.02. The molecule has 2 heterocycles. The minimum atomic E-state index is -0.415. The van der Waals surface area contributed by atoms with Gasteiger partial charge in [-0.3, -0.25) is 4.57 Å². The van der Waals surface area contributed by atoms with Crippen molar-refractivity contribution in [3.8, 4) is 11.3 Å². The molecule has 0 amide bonds. The van der Waals surface area contributed by atoms with Crippen LogP contribution >= 0.6 is 0 Å². The topological polar surface area (TPSA) is 80.9 Å². The number of fused-ring (bicyclic) bond motifs is 1. The summed E-state index contributed by atoms with van der Waals surface area (Å²) in [5, 5.41) is 0. The Bertz CT molecular complexity index is 886. The molecule has 0 fully saturated rings. The van der Waals surface area contributed by atoms with Crippen molar-refractivity contribution in [2.75, 3.05) is 0 Å². The minimum Gasteiger partial charge on any atom is -0.408 e. The summed E-state index contributed by atoms with van der Waals surface area (Å²) in [6, 6.07) is 7.05. The first-order chi connectivity index (χ1) is 9.04. The molecule has 0 saturated heterocycles. The molecular formula is C13H11N3O3. The van der Waals surface area contributed by atoms with Gasteiger partial charge in [0.25, 0.3) is 0 Å². The second-order valence-corrected chi connectivity index (χ2v) is 4.36. The van der Waals surface area contributed by atoms with Crippen LogP contribution in [0.3, 0.4) is 0 Å². The smallest absolute Gasteiger partial charge is 0.408 e. The van der Waals surface area contributed by atoms with Crippen molar-refractivity contribution in [2.24, 2.45) is 7.05 Å². The number of aromatic amines is 1. The van der Waals surface area contributed by atoms with E-state index in [9.17, 15) is 9.59 Å². The van der Waals surface area contributed by atoms with Crippen molar-refractivity contribution in [2.45, 2.75) is 6.92 Å². The number of nitrogens with zero attached hydrogens (tertiary/aromatic N) is 2. The fraction of sp³-hybridized carbons (Fsp3) is 0.154. The van der Waals surface area contributed by atoms with E-state index >= 15 is 0 Å². The molecule has 0 unspecified atom stereocenters. The zero-order valence-corrected chi connectivity index (χ0v) is 10.4. The summed E-state index contributed by atoms with van der Waals surface area (Å²) in [4.78, 5) is 29.3. The summed E-state index contributed by atoms with van der Waals surface area (Å²) in [7, 11) is 1.64. The van der Waals surface area contributed by atoms with Crippen LogP contribution in [0.5, 0.6) is 0 Å². The maximum Gasteiger partial charge on any atom is 0.419 e. The first-order valence-corrected chi connectivity index (χ1v) is 5.72. The van der Waals surface area contributed by atoms with Crippen LogP contribution in [-0.2, 0) is 7.05 Å². The van der Waals surface area contributed by atoms with E-state index in [4.69, 9.17) is 4.42 Å². The van der Waals surface area contributed by atoms with Gasteiger partial charge in [0.05, 0.1) is 11.2 Å². The van der Waals surface area contributed by atoms with Gasteiger partial charge < -0.3 is 9.40 Å². The molecule has 0 aliphatic heterocycles. The van der Waals surface area contributed by atoms with E-state index < -0.39 is 11.4 Å². The number of hydrogen-bond donors (Lipinski definition) is 1. The number of aryl methyl sites for hydroxylation is 2. The van der Waals surface area contributed by atoms with E-state index in [1.54, 1.807) is 38.2 Å². The molecule has 0 aliphatic carbocycles. The van der Waals surface area contributed by atoms with Gasteiger partial charge in [-0.15, -0.1) is 0 Å². The summed E-state index contributed by atoms with van der Waals surface area (Å²) in [5.41, 5.74) is 2.79. The van der Waals surface area contributed by atoms with Crippen LogP contribution in [0.15, 0.2) is 38.3 Å². The third-order valence-electron chi connectivity index (χ3n) is 2.97. The molecule has 2 aromatic heterocycles. The van der Waals surface area contributed by atoms with E-state index in [1.807, 2.05) is 0 Å². The highest BCUT2D eigenvalue weighted by Crippen LogP contribution is 2.21. The number of hydrogen-bond acceptors (Lipinski definition) is 4. The molecule has 3 aromatic rings. The van der Waals surface area contributed by atoms with Crippen LogP contribution in [0.25, 0.3) is 22.4 Å². The Morgan fingerprint density at radius 3 is 2.79 bits per heavy atom. The molecule has 0 radical (unpaired) electrons. The highest BCUT2D eigenvalue weighted by atomic mass is 16.4. The third kappa shape index (κ3) is 1.87. The van der Waals surface area contributed by atoms with E-state index in [0.29, 0.717) is 16.8 Å². The van der Waals surface area contributed by atoms with Gasteiger partial charge in [-0.25, -0.2) is 9.59 Å². The molecule has 96 valence electrons. The Morgan fingerprint density at radius 2 is 2.05 bits per heavy atom. The molecule has 0 aliphatic rings. The zero-order chi connectivity index (χ0) is 13.6. The molecule has 1 aromatic carbocycles. The molecule has 1 N–H and O–H groups in total. The predicted molar refractivity (Wildman–Crippen MR) is 70.0 cm³/mol. The van der Waals surface area contributed by atoms with E-state index in [1.165, 1.54) is 4.57 Å². The summed E-state index contributed by atoms with van der Waals surface area (Å²) >= 11 is 0. The summed E-state index contributed by atoms with van der Waals surface area (Å²) in [6.45, 7) is 1.79. The molecule has 3 rings (SSSR count). The molecular weight excluding hydrogens is 246 g/mol. The lowest BCUT2D eigenvalue weighted by Gasteiger charge is -2.01. The van der Waals surface area contributed by atoms with Gasteiger partial charge >= 0.3 is 11.4 Å². The normalized spacial score (nSPS) is 11.1. The summed E-state index contributed by atoms with van der Waals surface area (Å²) in [6.07, 6.45) is 0. The van der Waals surface area contributed by atoms with Gasteiger partial charge in [0, 0.05) is 18.3 Å². The van der Waals surface area contributed by atoms with Crippen molar-refractivity contribution in [1.29, 1.82) is 0 Å². The number of aromatic nitrogens is 3. The molecule has 0 spiro atoms. The average molecular weight is 257 g/mol. The van der Waals surface area contributed by atoms with Crippen LogP contribution in [0, 0.1) is 6.92 Å². The minimum absolute atomic E-state index is 0.399. The molecule has 6 nitrogen and oxygen atoms in total. The van der Waals surface area contributed by atoms with Crippen LogP contribution in [0.2, 0.25) is 0 Å².